The Bertz CT molecular complexity index is 531. The summed E-state index contributed by atoms with van der Waals surface area (Å²) in [6, 6.07) is 5.99. The fraction of sp³-hybridized carbons (Fsp3) is 0.308. The molecular formula is C13H13BrO4. The van der Waals surface area contributed by atoms with E-state index in [2.05, 4.69) is 15.9 Å². The van der Waals surface area contributed by atoms with Crippen LogP contribution in [0.5, 0.6) is 5.75 Å². The van der Waals surface area contributed by atoms with Crippen LogP contribution in [0.15, 0.2) is 33.4 Å². The van der Waals surface area contributed by atoms with Crippen molar-refractivity contribution in [2.45, 2.75) is 25.4 Å². The highest BCUT2D eigenvalue weighted by Gasteiger charge is 2.20. The number of furan rings is 1. The highest BCUT2D eigenvalue weighted by Crippen LogP contribution is 2.35. The Balaban J connectivity index is 0.000000367. The molecule has 0 aliphatic heterocycles. The Morgan fingerprint density at radius 2 is 2.17 bits per heavy atom. The van der Waals surface area contributed by atoms with Gasteiger partial charge in [0.25, 0.3) is 6.47 Å². The zero-order valence-electron chi connectivity index (χ0n) is 9.64. The summed E-state index contributed by atoms with van der Waals surface area (Å²) in [5, 5.41) is 7.96. The van der Waals surface area contributed by atoms with Gasteiger partial charge >= 0.3 is 0 Å². The van der Waals surface area contributed by atoms with Crippen LogP contribution in [0, 0.1) is 0 Å². The van der Waals surface area contributed by atoms with Gasteiger partial charge in [-0.05, 0) is 47.3 Å². The predicted molar refractivity (Wildman–Crippen MR) is 70.9 cm³/mol. The number of halogens is 1. The highest BCUT2D eigenvalue weighted by molar-refractivity contribution is 9.10. The molecule has 2 aromatic rings. The lowest BCUT2D eigenvalue weighted by Crippen LogP contribution is -2.24. The molecule has 3 rings (SSSR count). The molecule has 0 unspecified atom stereocenters. The van der Waals surface area contributed by atoms with Gasteiger partial charge in [-0.25, -0.2) is 0 Å². The van der Waals surface area contributed by atoms with Gasteiger partial charge in [0.1, 0.15) is 6.26 Å². The van der Waals surface area contributed by atoms with E-state index < -0.39 is 0 Å². The van der Waals surface area contributed by atoms with Crippen LogP contribution >= 0.6 is 15.9 Å². The molecule has 0 atom stereocenters. The number of ether oxygens (including phenoxy) is 1. The first-order valence-corrected chi connectivity index (χ1v) is 6.45. The van der Waals surface area contributed by atoms with E-state index in [1.807, 2.05) is 18.2 Å². The second-order valence-electron chi connectivity index (χ2n) is 3.99. The average Bonchev–Trinajstić information content (AvgIpc) is 2.68. The van der Waals surface area contributed by atoms with E-state index in [1.165, 1.54) is 6.42 Å². The number of hydrogen-bond donors (Lipinski definition) is 1. The minimum Gasteiger partial charge on any atom is -0.486 e. The Morgan fingerprint density at radius 3 is 2.78 bits per heavy atom. The van der Waals surface area contributed by atoms with Crippen LogP contribution in [-0.2, 0) is 4.79 Å². The zero-order valence-corrected chi connectivity index (χ0v) is 11.2. The molecule has 0 saturated heterocycles. The minimum absolute atomic E-state index is 0.250. The molecule has 0 spiro atoms. The molecule has 0 radical (unpaired) electrons. The number of hydrogen-bond acceptors (Lipinski definition) is 3. The van der Waals surface area contributed by atoms with Crippen molar-refractivity contribution in [3.63, 3.8) is 0 Å². The fourth-order valence-corrected chi connectivity index (χ4v) is 2.17. The molecule has 96 valence electrons. The smallest absolute Gasteiger partial charge is 0.290 e. The van der Waals surface area contributed by atoms with E-state index >= 15 is 0 Å². The van der Waals surface area contributed by atoms with Crippen molar-refractivity contribution in [3.05, 3.63) is 28.9 Å². The van der Waals surface area contributed by atoms with Gasteiger partial charge in [0, 0.05) is 5.39 Å². The maximum Gasteiger partial charge on any atom is 0.290 e. The van der Waals surface area contributed by atoms with E-state index in [1.54, 1.807) is 6.26 Å². The molecule has 1 fully saturated rings. The number of para-hydroxylation sites is 1. The molecule has 1 N–H and O–H groups in total. The molecule has 0 bridgehead atoms. The number of carboxylic acid groups (broad SMARTS) is 1. The first-order valence-electron chi connectivity index (χ1n) is 5.66. The number of fused-ring (bicyclic) bond motifs is 1. The molecule has 1 aliphatic carbocycles. The van der Waals surface area contributed by atoms with Crippen LogP contribution in [0.1, 0.15) is 19.3 Å². The van der Waals surface area contributed by atoms with Crippen LogP contribution in [-0.4, -0.2) is 17.7 Å². The average molecular weight is 313 g/mol. The summed E-state index contributed by atoms with van der Waals surface area (Å²) in [6.07, 6.45) is 5.71. The van der Waals surface area contributed by atoms with Crippen LogP contribution < -0.4 is 4.74 Å². The van der Waals surface area contributed by atoms with Crippen LogP contribution in [0.25, 0.3) is 11.0 Å². The largest absolute Gasteiger partial charge is 0.486 e. The summed E-state index contributed by atoms with van der Waals surface area (Å²) in [5.41, 5.74) is 0.844. The summed E-state index contributed by atoms with van der Waals surface area (Å²) in [4.78, 5) is 8.36. The number of carbonyl (C=O) groups is 1. The summed E-state index contributed by atoms with van der Waals surface area (Å²) < 4.78 is 12.3. The van der Waals surface area contributed by atoms with Crippen LogP contribution in [0.4, 0.5) is 0 Å². The number of benzene rings is 1. The molecule has 1 aromatic heterocycles. The van der Waals surface area contributed by atoms with Gasteiger partial charge in [-0.1, -0.05) is 6.07 Å². The van der Waals surface area contributed by atoms with Crippen molar-refractivity contribution >= 4 is 33.4 Å². The van der Waals surface area contributed by atoms with Gasteiger partial charge < -0.3 is 14.3 Å². The lowest BCUT2D eigenvalue weighted by atomic mass is 9.96. The van der Waals surface area contributed by atoms with Gasteiger partial charge in [0.05, 0.1) is 10.6 Å². The van der Waals surface area contributed by atoms with Crippen molar-refractivity contribution < 1.29 is 19.1 Å². The molecule has 5 heteroatoms. The summed E-state index contributed by atoms with van der Waals surface area (Å²) >= 11 is 3.45. The lowest BCUT2D eigenvalue weighted by Gasteiger charge is -2.26. The minimum atomic E-state index is -0.250. The van der Waals surface area contributed by atoms with E-state index in [-0.39, 0.29) is 6.47 Å². The first kappa shape index (κ1) is 13.0. The maximum absolute atomic E-state index is 8.36. The summed E-state index contributed by atoms with van der Waals surface area (Å²) in [5.74, 6) is 0.864. The topological polar surface area (TPSA) is 59.7 Å². The van der Waals surface area contributed by atoms with Gasteiger partial charge in [-0.15, -0.1) is 0 Å². The molecule has 1 aliphatic rings. The van der Waals surface area contributed by atoms with E-state index in [0.29, 0.717) is 6.10 Å². The second-order valence-corrected chi connectivity index (χ2v) is 4.85. The van der Waals surface area contributed by atoms with Crippen molar-refractivity contribution in [1.29, 1.82) is 0 Å². The maximum atomic E-state index is 8.36. The normalized spacial score (nSPS) is 14.5. The third-order valence-electron chi connectivity index (χ3n) is 2.86. The monoisotopic (exact) mass is 312 g/mol. The number of rotatable bonds is 2. The SMILES string of the molecule is Brc1coc2c(OC3CCC3)cccc12.O=CO. The van der Waals surface area contributed by atoms with Gasteiger partial charge in [0.15, 0.2) is 11.3 Å². The summed E-state index contributed by atoms with van der Waals surface area (Å²) in [6.45, 7) is -0.250. The van der Waals surface area contributed by atoms with E-state index in [9.17, 15) is 0 Å². The van der Waals surface area contributed by atoms with Crippen molar-refractivity contribution in [1.82, 2.24) is 0 Å². The molecule has 1 aromatic carbocycles. The lowest BCUT2D eigenvalue weighted by molar-refractivity contribution is -0.122. The van der Waals surface area contributed by atoms with Crippen molar-refractivity contribution in [2.24, 2.45) is 0 Å². The Kier molecular flexibility index (Phi) is 4.25. The third kappa shape index (κ3) is 2.67. The molecule has 1 heterocycles. The first-order chi connectivity index (χ1) is 8.76. The fourth-order valence-electron chi connectivity index (χ4n) is 1.76. The van der Waals surface area contributed by atoms with Crippen molar-refractivity contribution in [2.75, 3.05) is 0 Å². The molecular weight excluding hydrogens is 300 g/mol. The molecule has 18 heavy (non-hydrogen) atoms. The van der Waals surface area contributed by atoms with E-state index in [0.717, 1.165) is 34.0 Å². The predicted octanol–water partition coefficient (Wildman–Crippen LogP) is 3.83. The highest BCUT2D eigenvalue weighted by atomic mass is 79.9. The van der Waals surface area contributed by atoms with Crippen LogP contribution in [0.2, 0.25) is 0 Å². The van der Waals surface area contributed by atoms with Gasteiger partial charge in [-0.2, -0.15) is 0 Å². The zero-order chi connectivity index (χ0) is 13.0. The molecule has 0 amide bonds. The third-order valence-corrected chi connectivity index (χ3v) is 3.48. The Labute approximate surface area is 113 Å². The van der Waals surface area contributed by atoms with Crippen molar-refractivity contribution in [3.8, 4) is 5.75 Å². The Hall–Kier alpha value is -1.49. The van der Waals surface area contributed by atoms with Gasteiger partial charge in [-0.3, -0.25) is 4.79 Å². The Morgan fingerprint density at radius 1 is 1.44 bits per heavy atom. The van der Waals surface area contributed by atoms with E-state index in [4.69, 9.17) is 19.1 Å². The standard InChI is InChI=1S/C12H11BrO2.CH2O2/c13-10-7-14-12-9(10)5-2-6-11(12)15-8-3-1-4-8;2-1-3/h2,5-8H,1,3-4H2;1H,(H,2,3). The second kappa shape index (κ2) is 5.91. The van der Waals surface area contributed by atoms with Crippen LogP contribution in [0.3, 0.4) is 0 Å². The molecule has 1 saturated carbocycles. The summed E-state index contributed by atoms with van der Waals surface area (Å²) in [7, 11) is 0. The van der Waals surface area contributed by atoms with Gasteiger partial charge in [0.2, 0.25) is 0 Å². The quantitative estimate of drug-likeness (QED) is 0.856. The molecule has 4 nitrogen and oxygen atoms in total.